The van der Waals surface area contributed by atoms with E-state index < -0.39 is 6.10 Å². The van der Waals surface area contributed by atoms with Crippen LogP contribution in [0.2, 0.25) is 0 Å². The third-order valence-electron chi connectivity index (χ3n) is 2.77. The van der Waals surface area contributed by atoms with Crippen molar-refractivity contribution >= 4 is 5.97 Å². The third-order valence-corrected chi connectivity index (χ3v) is 2.77. The summed E-state index contributed by atoms with van der Waals surface area (Å²) in [4.78, 5) is 11.5. The Morgan fingerprint density at radius 2 is 2.00 bits per heavy atom. The lowest BCUT2D eigenvalue weighted by Gasteiger charge is -2.25. The van der Waals surface area contributed by atoms with E-state index in [-0.39, 0.29) is 12.6 Å². The van der Waals surface area contributed by atoms with E-state index in [0.29, 0.717) is 18.1 Å². The second-order valence-corrected chi connectivity index (χ2v) is 4.05. The number of ether oxygens (including phenoxy) is 3. The number of hydrogen-bond acceptors (Lipinski definition) is 4. The molecule has 0 bridgehead atoms. The van der Waals surface area contributed by atoms with Crippen LogP contribution in [0.4, 0.5) is 0 Å². The van der Waals surface area contributed by atoms with Gasteiger partial charge in [0.25, 0.3) is 0 Å². The van der Waals surface area contributed by atoms with Crippen molar-refractivity contribution in [3.05, 3.63) is 23.3 Å². The molecular formula is C13H16O4. The largest absolute Gasteiger partial charge is 0.485 e. The summed E-state index contributed by atoms with van der Waals surface area (Å²) in [6.45, 7) is 6.32. The number of hydrogen-bond donors (Lipinski definition) is 0. The topological polar surface area (TPSA) is 44.8 Å². The van der Waals surface area contributed by atoms with Gasteiger partial charge in [0, 0.05) is 0 Å². The molecule has 0 aliphatic carbocycles. The van der Waals surface area contributed by atoms with Gasteiger partial charge in [-0.1, -0.05) is 0 Å². The van der Waals surface area contributed by atoms with Crippen molar-refractivity contribution in [2.75, 3.05) is 13.2 Å². The Bertz CT molecular complexity index is 439. The van der Waals surface area contributed by atoms with E-state index in [4.69, 9.17) is 14.2 Å². The molecule has 1 heterocycles. The molecule has 0 saturated carbocycles. The number of fused-ring (bicyclic) bond motifs is 1. The van der Waals surface area contributed by atoms with E-state index in [0.717, 1.165) is 11.1 Å². The second kappa shape index (κ2) is 4.65. The Kier molecular flexibility index (Phi) is 3.22. The molecule has 0 radical (unpaired) electrons. The molecule has 2 rings (SSSR count). The Morgan fingerprint density at radius 1 is 1.35 bits per heavy atom. The SMILES string of the molecule is CCOC(=O)C1COc2cc(C)c(C)cc2O1. The van der Waals surface area contributed by atoms with Crippen LogP contribution in [0, 0.1) is 13.8 Å². The summed E-state index contributed by atoms with van der Waals surface area (Å²) >= 11 is 0. The number of aryl methyl sites for hydroxylation is 2. The molecule has 0 N–H and O–H groups in total. The maximum Gasteiger partial charge on any atom is 0.350 e. The number of carbonyl (C=O) groups is 1. The lowest BCUT2D eigenvalue weighted by Crippen LogP contribution is -2.37. The molecular weight excluding hydrogens is 220 g/mol. The first kappa shape index (κ1) is 11.8. The average Bonchev–Trinajstić information content (AvgIpc) is 2.30. The molecule has 1 aliphatic heterocycles. The average molecular weight is 236 g/mol. The normalized spacial score (nSPS) is 17.7. The summed E-state index contributed by atoms with van der Waals surface area (Å²) in [6, 6.07) is 3.81. The predicted molar refractivity (Wildman–Crippen MR) is 62.5 cm³/mol. The van der Waals surface area contributed by atoms with Gasteiger partial charge in [0.15, 0.2) is 11.5 Å². The van der Waals surface area contributed by atoms with Crippen LogP contribution in [0.3, 0.4) is 0 Å². The van der Waals surface area contributed by atoms with E-state index in [1.54, 1.807) is 6.92 Å². The van der Waals surface area contributed by atoms with E-state index in [9.17, 15) is 4.79 Å². The zero-order chi connectivity index (χ0) is 12.4. The number of carbonyl (C=O) groups excluding carboxylic acids is 1. The molecule has 4 nitrogen and oxygen atoms in total. The van der Waals surface area contributed by atoms with E-state index in [1.165, 1.54) is 0 Å². The van der Waals surface area contributed by atoms with E-state index in [2.05, 4.69) is 0 Å². The van der Waals surface area contributed by atoms with E-state index >= 15 is 0 Å². The summed E-state index contributed by atoms with van der Waals surface area (Å²) in [5.41, 5.74) is 2.25. The Hall–Kier alpha value is -1.71. The first-order chi connectivity index (χ1) is 8.11. The lowest BCUT2D eigenvalue weighted by molar-refractivity contribution is -0.153. The standard InChI is InChI=1S/C13H16O4/c1-4-15-13(14)12-7-16-10-5-8(2)9(3)6-11(10)17-12/h5-6,12H,4,7H2,1-3H3. The van der Waals surface area contributed by atoms with Gasteiger partial charge in [0.2, 0.25) is 6.10 Å². The summed E-state index contributed by atoms with van der Waals surface area (Å²) < 4.78 is 16.0. The zero-order valence-corrected chi connectivity index (χ0v) is 10.3. The molecule has 1 aromatic rings. The summed E-state index contributed by atoms with van der Waals surface area (Å²) in [5.74, 6) is 0.919. The van der Waals surface area contributed by atoms with Crippen molar-refractivity contribution in [2.24, 2.45) is 0 Å². The summed E-state index contributed by atoms with van der Waals surface area (Å²) in [6.07, 6.45) is -0.662. The molecule has 1 atom stereocenters. The Morgan fingerprint density at radius 3 is 2.65 bits per heavy atom. The monoisotopic (exact) mass is 236 g/mol. The van der Waals surface area contributed by atoms with Crippen molar-refractivity contribution in [3.63, 3.8) is 0 Å². The Labute approximate surface area is 100 Å². The molecule has 1 unspecified atom stereocenters. The molecule has 0 aromatic heterocycles. The third kappa shape index (κ3) is 2.35. The summed E-state index contributed by atoms with van der Waals surface area (Å²) in [7, 11) is 0. The highest BCUT2D eigenvalue weighted by atomic mass is 16.6. The summed E-state index contributed by atoms with van der Waals surface area (Å²) in [5, 5.41) is 0. The van der Waals surface area contributed by atoms with Gasteiger partial charge in [-0.2, -0.15) is 0 Å². The minimum absolute atomic E-state index is 0.203. The zero-order valence-electron chi connectivity index (χ0n) is 10.3. The van der Waals surface area contributed by atoms with Crippen LogP contribution < -0.4 is 9.47 Å². The van der Waals surface area contributed by atoms with Crippen LogP contribution >= 0.6 is 0 Å². The smallest absolute Gasteiger partial charge is 0.350 e. The number of rotatable bonds is 2. The Balaban J connectivity index is 2.18. The van der Waals surface area contributed by atoms with Crippen LogP contribution in [-0.4, -0.2) is 25.3 Å². The molecule has 0 spiro atoms. The first-order valence-corrected chi connectivity index (χ1v) is 5.69. The molecule has 1 aromatic carbocycles. The fraction of sp³-hybridized carbons (Fsp3) is 0.462. The lowest BCUT2D eigenvalue weighted by atomic mass is 10.1. The minimum Gasteiger partial charge on any atom is -0.485 e. The van der Waals surface area contributed by atoms with Crippen molar-refractivity contribution < 1.29 is 19.0 Å². The highest BCUT2D eigenvalue weighted by molar-refractivity contribution is 5.76. The van der Waals surface area contributed by atoms with Gasteiger partial charge in [0.05, 0.1) is 6.61 Å². The minimum atomic E-state index is -0.662. The second-order valence-electron chi connectivity index (χ2n) is 4.05. The van der Waals surface area contributed by atoms with Crippen LogP contribution in [-0.2, 0) is 9.53 Å². The fourth-order valence-electron chi connectivity index (χ4n) is 1.67. The number of benzene rings is 1. The quantitative estimate of drug-likeness (QED) is 0.737. The van der Waals surface area contributed by atoms with Gasteiger partial charge in [-0.3, -0.25) is 0 Å². The molecule has 0 fully saturated rings. The van der Waals surface area contributed by atoms with Crippen molar-refractivity contribution in [3.8, 4) is 11.5 Å². The maximum atomic E-state index is 11.5. The van der Waals surface area contributed by atoms with Crippen LogP contribution in [0.1, 0.15) is 18.1 Å². The molecule has 0 amide bonds. The van der Waals surface area contributed by atoms with Gasteiger partial charge >= 0.3 is 5.97 Å². The van der Waals surface area contributed by atoms with E-state index in [1.807, 2.05) is 26.0 Å². The van der Waals surface area contributed by atoms with Gasteiger partial charge < -0.3 is 14.2 Å². The van der Waals surface area contributed by atoms with Crippen molar-refractivity contribution in [2.45, 2.75) is 26.9 Å². The van der Waals surface area contributed by atoms with Gasteiger partial charge in [-0.15, -0.1) is 0 Å². The van der Waals surface area contributed by atoms with Crippen LogP contribution in [0.15, 0.2) is 12.1 Å². The maximum absolute atomic E-state index is 11.5. The highest BCUT2D eigenvalue weighted by Crippen LogP contribution is 2.34. The van der Waals surface area contributed by atoms with Gasteiger partial charge in [0.1, 0.15) is 6.61 Å². The van der Waals surface area contributed by atoms with Gasteiger partial charge in [-0.05, 0) is 44.0 Å². The molecule has 92 valence electrons. The molecule has 4 heteroatoms. The van der Waals surface area contributed by atoms with Crippen LogP contribution in [0.25, 0.3) is 0 Å². The van der Waals surface area contributed by atoms with Crippen LogP contribution in [0.5, 0.6) is 11.5 Å². The van der Waals surface area contributed by atoms with Crippen molar-refractivity contribution in [1.29, 1.82) is 0 Å². The molecule has 0 saturated heterocycles. The highest BCUT2D eigenvalue weighted by Gasteiger charge is 2.28. The first-order valence-electron chi connectivity index (χ1n) is 5.69. The molecule has 17 heavy (non-hydrogen) atoms. The molecule has 1 aliphatic rings. The predicted octanol–water partition coefficient (Wildman–Crippen LogP) is 2.01. The number of esters is 1. The van der Waals surface area contributed by atoms with Gasteiger partial charge in [-0.25, -0.2) is 4.79 Å². The van der Waals surface area contributed by atoms with Crippen molar-refractivity contribution in [1.82, 2.24) is 0 Å². The fourth-order valence-corrected chi connectivity index (χ4v) is 1.67.